The third-order valence-electron chi connectivity index (χ3n) is 7.42. The van der Waals surface area contributed by atoms with E-state index in [-0.39, 0.29) is 36.3 Å². The van der Waals surface area contributed by atoms with Crippen LogP contribution in [-0.2, 0) is 14.3 Å². The number of carbonyl (C=O) groups excluding carboxylic acids is 2. The summed E-state index contributed by atoms with van der Waals surface area (Å²) in [5, 5.41) is 15.1. The van der Waals surface area contributed by atoms with Gasteiger partial charge in [-0.2, -0.15) is 0 Å². The van der Waals surface area contributed by atoms with Crippen molar-refractivity contribution in [2.45, 2.75) is 64.0 Å². The molecule has 0 aliphatic heterocycles. The first kappa shape index (κ1) is 24.8. The quantitative estimate of drug-likeness (QED) is 0.485. The van der Waals surface area contributed by atoms with E-state index in [4.69, 9.17) is 4.74 Å². The highest BCUT2D eigenvalue weighted by molar-refractivity contribution is 5.85. The molecule has 7 heteroatoms. The molecule has 0 heterocycles. The van der Waals surface area contributed by atoms with Crippen molar-refractivity contribution in [3.63, 3.8) is 0 Å². The van der Waals surface area contributed by atoms with Gasteiger partial charge in [-0.25, -0.2) is 9.59 Å². The molecular formula is C28H34N2O5. The molecule has 1 saturated carbocycles. The average Bonchev–Trinajstić information content (AvgIpc) is 3.45. The van der Waals surface area contributed by atoms with Gasteiger partial charge in [0.05, 0.1) is 0 Å². The number of nitrogens with one attached hydrogen (secondary N) is 2. The Balaban J connectivity index is 1.28. The Bertz CT molecular complexity index is 1040. The zero-order chi connectivity index (χ0) is 24.9. The molecule has 7 nitrogen and oxygen atoms in total. The summed E-state index contributed by atoms with van der Waals surface area (Å²) >= 11 is 0. The molecule has 0 bridgehead atoms. The van der Waals surface area contributed by atoms with Gasteiger partial charge in [0.25, 0.3) is 0 Å². The van der Waals surface area contributed by atoms with Crippen molar-refractivity contribution in [3.8, 4) is 11.1 Å². The number of hydrogen-bond acceptors (Lipinski definition) is 4. The molecule has 0 aromatic heterocycles. The van der Waals surface area contributed by atoms with Gasteiger partial charge in [-0.05, 0) is 53.9 Å². The Morgan fingerprint density at radius 1 is 1.03 bits per heavy atom. The smallest absolute Gasteiger partial charge is 0.407 e. The second-order valence-electron chi connectivity index (χ2n) is 9.83. The number of benzene rings is 2. The van der Waals surface area contributed by atoms with E-state index < -0.39 is 18.1 Å². The lowest BCUT2D eigenvalue weighted by Crippen LogP contribution is -2.44. The number of carbonyl (C=O) groups is 3. The summed E-state index contributed by atoms with van der Waals surface area (Å²) in [6.45, 7) is 4.22. The zero-order valence-corrected chi connectivity index (χ0v) is 20.3. The van der Waals surface area contributed by atoms with Crippen molar-refractivity contribution in [3.05, 3.63) is 59.7 Å². The third kappa shape index (κ3) is 5.66. The Morgan fingerprint density at radius 2 is 1.66 bits per heavy atom. The highest BCUT2D eigenvalue weighted by Crippen LogP contribution is 2.44. The number of rotatable bonds is 9. The number of hydrogen-bond donors (Lipinski definition) is 3. The Morgan fingerprint density at radius 3 is 2.26 bits per heavy atom. The first-order valence-electron chi connectivity index (χ1n) is 12.5. The van der Waals surface area contributed by atoms with E-state index in [9.17, 15) is 19.5 Å². The predicted octanol–water partition coefficient (Wildman–Crippen LogP) is 4.70. The van der Waals surface area contributed by atoms with Crippen molar-refractivity contribution in [1.29, 1.82) is 0 Å². The van der Waals surface area contributed by atoms with E-state index >= 15 is 0 Å². The number of amides is 2. The molecular weight excluding hydrogens is 444 g/mol. The minimum Gasteiger partial charge on any atom is -0.480 e. The second-order valence-corrected chi connectivity index (χ2v) is 9.83. The fraction of sp³-hybridized carbons (Fsp3) is 0.464. The molecule has 3 N–H and O–H groups in total. The predicted molar refractivity (Wildman–Crippen MR) is 133 cm³/mol. The lowest BCUT2D eigenvalue weighted by Gasteiger charge is -2.20. The van der Waals surface area contributed by atoms with E-state index in [0.29, 0.717) is 25.7 Å². The Kier molecular flexibility index (Phi) is 7.73. The van der Waals surface area contributed by atoms with E-state index in [2.05, 4.69) is 34.9 Å². The summed E-state index contributed by atoms with van der Waals surface area (Å²) in [5.41, 5.74) is 4.67. The highest BCUT2D eigenvalue weighted by Gasteiger charge is 2.34. The largest absolute Gasteiger partial charge is 0.480 e. The van der Waals surface area contributed by atoms with Crippen molar-refractivity contribution in [2.75, 3.05) is 6.61 Å². The van der Waals surface area contributed by atoms with Crippen molar-refractivity contribution < 1.29 is 24.2 Å². The van der Waals surface area contributed by atoms with Gasteiger partial charge in [0, 0.05) is 17.9 Å². The van der Waals surface area contributed by atoms with Gasteiger partial charge in [0.2, 0.25) is 5.91 Å². The summed E-state index contributed by atoms with van der Waals surface area (Å²) in [7, 11) is 0. The average molecular weight is 479 g/mol. The normalized spacial score (nSPS) is 20.4. The molecule has 4 atom stereocenters. The van der Waals surface area contributed by atoms with Gasteiger partial charge in [-0.1, -0.05) is 68.8 Å². The van der Waals surface area contributed by atoms with Gasteiger partial charge in [-0.3, -0.25) is 4.79 Å². The Labute approximate surface area is 206 Å². The third-order valence-corrected chi connectivity index (χ3v) is 7.42. The maximum atomic E-state index is 12.7. The fourth-order valence-corrected chi connectivity index (χ4v) is 5.24. The summed E-state index contributed by atoms with van der Waals surface area (Å²) in [5.74, 6) is -1.37. The lowest BCUT2D eigenvalue weighted by molar-refractivity contribution is -0.143. The number of fused-ring (bicyclic) bond motifs is 3. The first-order valence-corrected chi connectivity index (χ1v) is 12.5. The van der Waals surface area contributed by atoms with Crippen LogP contribution >= 0.6 is 0 Å². The number of ether oxygens (including phenoxy) is 1. The maximum absolute atomic E-state index is 12.7. The van der Waals surface area contributed by atoms with Crippen LogP contribution in [0.15, 0.2) is 48.5 Å². The first-order chi connectivity index (χ1) is 16.9. The summed E-state index contributed by atoms with van der Waals surface area (Å²) in [4.78, 5) is 36.8. The van der Waals surface area contributed by atoms with Crippen LogP contribution in [-0.4, -0.2) is 41.8 Å². The molecule has 0 radical (unpaired) electrons. The molecule has 4 rings (SSSR count). The van der Waals surface area contributed by atoms with Crippen molar-refractivity contribution in [2.24, 2.45) is 11.8 Å². The monoisotopic (exact) mass is 478 g/mol. The van der Waals surface area contributed by atoms with Crippen molar-refractivity contribution >= 4 is 18.0 Å². The van der Waals surface area contributed by atoms with Crippen LogP contribution < -0.4 is 10.6 Å². The molecule has 2 aromatic rings. The maximum Gasteiger partial charge on any atom is 0.407 e. The zero-order valence-electron chi connectivity index (χ0n) is 20.3. The molecule has 2 aliphatic carbocycles. The molecule has 2 aromatic carbocycles. The van der Waals surface area contributed by atoms with Crippen LogP contribution in [0, 0.1) is 11.8 Å². The number of alkyl carbamates (subject to hydrolysis) is 1. The fourth-order valence-electron chi connectivity index (χ4n) is 5.24. The molecule has 0 saturated heterocycles. The Hall–Kier alpha value is -3.35. The van der Waals surface area contributed by atoms with Gasteiger partial charge >= 0.3 is 12.1 Å². The standard InChI is InChI=1S/C28H34N2O5/c1-3-17(2)14-25(27(32)33)30-26(31)18-12-13-19(15-18)29-28(34)35-16-24-22-10-6-4-8-20(22)21-9-5-7-11-23(21)24/h4-11,17-19,24-25H,3,12-16H2,1-2H3,(H,29,34)(H,30,31)(H,32,33)/t17?,18-,19+,25?/m0/s1. The minimum absolute atomic E-state index is 0.00582. The molecule has 186 valence electrons. The van der Waals surface area contributed by atoms with Crippen LogP contribution in [0.1, 0.15) is 63.0 Å². The van der Waals surface area contributed by atoms with Gasteiger partial charge in [0.1, 0.15) is 12.6 Å². The van der Waals surface area contributed by atoms with Gasteiger partial charge < -0.3 is 20.5 Å². The van der Waals surface area contributed by atoms with E-state index in [1.807, 2.05) is 38.1 Å². The topological polar surface area (TPSA) is 105 Å². The number of carboxylic acids is 1. The number of carboxylic acid groups (broad SMARTS) is 1. The van der Waals surface area contributed by atoms with Gasteiger partial charge in [-0.15, -0.1) is 0 Å². The molecule has 35 heavy (non-hydrogen) atoms. The SMILES string of the molecule is CCC(C)CC(NC(=O)[C@H]1CC[C@@H](NC(=O)OCC2c3ccccc3-c3ccccc32)C1)C(=O)O. The van der Waals surface area contributed by atoms with E-state index in [0.717, 1.165) is 17.5 Å². The molecule has 0 spiro atoms. The van der Waals surface area contributed by atoms with Crippen LogP contribution in [0.3, 0.4) is 0 Å². The van der Waals surface area contributed by atoms with Crippen LogP contribution in [0.5, 0.6) is 0 Å². The molecule has 2 aliphatic rings. The molecule has 2 amide bonds. The van der Waals surface area contributed by atoms with Crippen molar-refractivity contribution in [1.82, 2.24) is 10.6 Å². The summed E-state index contributed by atoms with van der Waals surface area (Å²) < 4.78 is 5.62. The molecule has 2 unspecified atom stereocenters. The number of aliphatic carboxylic acids is 1. The van der Waals surface area contributed by atoms with Gasteiger partial charge in [0.15, 0.2) is 0 Å². The second kappa shape index (κ2) is 10.9. The minimum atomic E-state index is -1.01. The van der Waals surface area contributed by atoms with Crippen LogP contribution in [0.25, 0.3) is 11.1 Å². The van der Waals surface area contributed by atoms with E-state index in [1.54, 1.807) is 0 Å². The summed E-state index contributed by atoms with van der Waals surface area (Å²) in [6.07, 6.45) is 2.52. The highest BCUT2D eigenvalue weighted by atomic mass is 16.5. The van der Waals surface area contributed by atoms with Crippen LogP contribution in [0.4, 0.5) is 4.79 Å². The van der Waals surface area contributed by atoms with Crippen LogP contribution in [0.2, 0.25) is 0 Å². The van der Waals surface area contributed by atoms with E-state index in [1.165, 1.54) is 11.1 Å². The molecule has 1 fully saturated rings. The lowest BCUT2D eigenvalue weighted by atomic mass is 9.98. The summed E-state index contributed by atoms with van der Waals surface area (Å²) in [6, 6.07) is 15.3.